The predicted molar refractivity (Wildman–Crippen MR) is 119 cm³/mol. The van der Waals surface area contributed by atoms with Gasteiger partial charge in [0.05, 0.1) is 17.3 Å². The van der Waals surface area contributed by atoms with Crippen LogP contribution in [0.3, 0.4) is 0 Å². The Kier molecular flexibility index (Phi) is 6.53. The normalized spacial score (nSPS) is 15.3. The summed E-state index contributed by atoms with van der Waals surface area (Å²) >= 11 is 6.50. The van der Waals surface area contributed by atoms with Gasteiger partial charge >= 0.3 is 0 Å². The molecular formula is C22H29ClN4O3. The molecule has 1 aliphatic rings. The zero-order valence-electron chi connectivity index (χ0n) is 18.2. The molecule has 8 heteroatoms. The van der Waals surface area contributed by atoms with Crippen LogP contribution in [0.5, 0.6) is 0 Å². The number of hydrogen-bond donors (Lipinski definition) is 0. The molecule has 0 spiro atoms. The fourth-order valence-electron chi connectivity index (χ4n) is 3.64. The number of rotatable bonds is 5. The van der Waals surface area contributed by atoms with Gasteiger partial charge in [-0.15, -0.1) is 0 Å². The van der Waals surface area contributed by atoms with Crippen molar-refractivity contribution in [2.75, 3.05) is 18.0 Å². The molecule has 0 bridgehead atoms. The first kappa shape index (κ1) is 22.3. The quantitative estimate of drug-likeness (QED) is 0.533. The number of nitrogens with zero attached hydrogens (tertiary/aromatic N) is 4. The third-order valence-corrected chi connectivity index (χ3v) is 5.43. The second-order valence-electron chi connectivity index (χ2n) is 8.69. The molecule has 162 valence electrons. The Hall–Kier alpha value is -2.38. The van der Waals surface area contributed by atoms with Gasteiger partial charge < -0.3 is 9.47 Å². The Balaban J connectivity index is 1.80. The minimum atomic E-state index is -0.450. The van der Waals surface area contributed by atoms with E-state index in [-0.39, 0.29) is 11.6 Å². The van der Waals surface area contributed by atoms with Crippen LogP contribution < -0.4 is 10.5 Å². The molecule has 0 saturated carbocycles. The molecule has 1 aromatic heterocycles. The SMILES string of the molecule is Cc1ccc(-c2c(Cl)nc(N3CCC(N(C=O)OC(C)(C)C)CC3)c(=O)n2C)cc1. The van der Waals surface area contributed by atoms with Gasteiger partial charge in [-0.25, -0.2) is 10.0 Å². The largest absolute Gasteiger partial charge is 0.352 e. The van der Waals surface area contributed by atoms with Crippen molar-refractivity contribution in [2.24, 2.45) is 7.05 Å². The first-order valence-corrected chi connectivity index (χ1v) is 10.5. The van der Waals surface area contributed by atoms with Crippen molar-refractivity contribution in [3.8, 4) is 11.3 Å². The van der Waals surface area contributed by atoms with Crippen LogP contribution in [0.1, 0.15) is 39.2 Å². The summed E-state index contributed by atoms with van der Waals surface area (Å²) in [6.07, 6.45) is 2.09. The molecule has 1 aromatic carbocycles. The first-order valence-electron chi connectivity index (χ1n) is 10.1. The van der Waals surface area contributed by atoms with E-state index in [9.17, 15) is 9.59 Å². The van der Waals surface area contributed by atoms with Crippen molar-refractivity contribution in [1.29, 1.82) is 0 Å². The summed E-state index contributed by atoms with van der Waals surface area (Å²) in [4.78, 5) is 36.7. The lowest BCUT2D eigenvalue weighted by Gasteiger charge is -2.38. The van der Waals surface area contributed by atoms with Gasteiger partial charge in [0.25, 0.3) is 5.56 Å². The van der Waals surface area contributed by atoms with Gasteiger partial charge in [-0.2, -0.15) is 0 Å². The Morgan fingerprint density at radius 2 is 1.80 bits per heavy atom. The Labute approximate surface area is 182 Å². The molecule has 0 N–H and O–H groups in total. The van der Waals surface area contributed by atoms with Crippen molar-refractivity contribution in [2.45, 2.75) is 52.2 Å². The van der Waals surface area contributed by atoms with Crippen LogP contribution in [0.4, 0.5) is 5.82 Å². The summed E-state index contributed by atoms with van der Waals surface area (Å²) in [7, 11) is 1.71. The fraction of sp³-hybridized carbons (Fsp3) is 0.500. The van der Waals surface area contributed by atoms with Crippen LogP contribution in [0.2, 0.25) is 5.15 Å². The number of anilines is 1. The van der Waals surface area contributed by atoms with Crippen molar-refractivity contribution >= 4 is 23.8 Å². The smallest absolute Gasteiger partial charge is 0.293 e. The van der Waals surface area contributed by atoms with Crippen molar-refractivity contribution in [3.05, 3.63) is 45.3 Å². The number of hydrogen-bond acceptors (Lipinski definition) is 5. The second-order valence-corrected chi connectivity index (χ2v) is 9.05. The van der Waals surface area contributed by atoms with Gasteiger partial charge in [0.1, 0.15) is 0 Å². The van der Waals surface area contributed by atoms with Crippen molar-refractivity contribution < 1.29 is 9.63 Å². The first-order chi connectivity index (χ1) is 14.1. The Morgan fingerprint density at radius 3 is 2.33 bits per heavy atom. The molecule has 1 fully saturated rings. The third kappa shape index (κ3) is 4.84. The monoisotopic (exact) mass is 432 g/mol. The number of carbonyl (C=O) groups excluding carboxylic acids is 1. The highest BCUT2D eigenvalue weighted by Gasteiger charge is 2.30. The number of halogens is 1. The molecule has 3 rings (SSSR count). The van der Waals surface area contributed by atoms with Gasteiger partial charge in [-0.3, -0.25) is 14.4 Å². The van der Waals surface area contributed by atoms with Gasteiger partial charge in [0.2, 0.25) is 6.41 Å². The number of carbonyl (C=O) groups is 1. The Morgan fingerprint density at radius 1 is 1.20 bits per heavy atom. The lowest BCUT2D eigenvalue weighted by atomic mass is 10.0. The molecule has 0 unspecified atom stereocenters. The van der Waals surface area contributed by atoms with Gasteiger partial charge in [-0.05, 0) is 40.5 Å². The van der Waals surface area contributed by atoms with E-state index in [1.54, 1.807) is 11.6 Å². The molecule has 1 saturated heterocycles. The standard InChI is InChI=1S/C22H29ClN4O3/c1-15-6-8-16(9-7-15)18-19(23)24-20(21(29)25(18)5)26-12-10-17(11-13-26)27(14-28)30-22(2,3)4/h6-9,14,17H,10-13H2,1-5H3. The third-order valence-electron chi connectivity index (χ3n) is 5.16. The van der Waals surface area contributed by atoms with E-state index >= 15 is 0 Å². The maximum atomic E-state index is 13.0. The van der Waals surface area contributed by atoms with Crippen LogP contribution in [0.15, 0.2) is 29.1 Å². The number of piperidine rings is 1. The average molecular weight is 433 g/mol. The number of hydroxylamine groups is 2. The highest BCUT2D eigenvalue weighted by Crippen LogP contribution is 2.28. The number of amides is 1. The zero-order chi connectivity index (χ0) is 22.1. The predicted octanol–water partition coefficient (Wildman–Crippen LogP) is 3.57. The highest BCUT2D eigenvalue weighted by molar-refractivity contribution is 6.32. The molecule has 0 atom stereocenters. The van der Waals surface area contributed by atoms with E-state index in [2.05, 4.69) is 4.98 Å². The van der Waals surface area contributed by atoms with E-state index in [4.69, 9.17) is 16.4 Å². The fourth-order valence-corrected chi connectivity index (χ4v) is 3.96. The average Bonchev–Trinajstić information content (AvgIpc) is 2.70. The number of aryl methyl sites for hydroxylation is 1. The lowest BCUT2D eigenvalue weighted by Crippen LogP contribution is -2.48. The highest BCUT2D eigenvalue weighted by atomic mass is 35.5. The van der Waals surface area contributed by atoms with Crippen LogP contribution in [0, 0.1) is 6.92 Å². The molecular weight excluding hydrogens is 404 g/mol. The second kappa shape index (κ2) is 8.78. The Bertz CT molecular complexity index is 958. The minimum Gasteiger partial charge on any atom is -0.352 e. The molecule has 0 radical (unpaired) electrons. The van der Waals surface area contributed by atoms with E-state index in [1.165, 1.54) is 5.06 Å². The molecule has 1 aliphatic heterocycles. The molecule has 2 heterocycles. The summed E-state index contributed by atoms with van der Waals surface area (Å²) in [5.74, 6) is 0.339. The molecule has 30 heavy (non-hydrogen) atoms. The lowest BCUT2D eigenvalue weighted by molar-refractivity contribution is -0.234. The molecule has 7 nitrogen and oxygen atoms in total. The molecule has 0 aliphatic carbocycles. The van der Waals surface area contributed by atoms with Crippen molar-refractivity contribution in [1.82, 2.24) is 14.6 Å². The van der Waals surface area contributed by atoms with E-state index in [1.807, 2.05) is 56.9 Å². The van der Waals surface area contributed by atoms with Crippen LogP contribution in [-0.4, -0.2) is 45.8 Å². The summed E-state index contributed by atoms with van der Waals surface area (Å²) < 4.78 is 1.56. The van der Waals surface area contributed by atoms with Crippen molar-refractivity contribution in [3.63, 3.8) is 0 Å². The van der Waals surface area contributed by atoms with Gasteiger partial charge in [0, 0.05) is 25.7 Å². The van der Waals surface area contributed by atoms with E-state index < -0.39 is 5.60 Å². The van der Waals surface area contributed by atoms with Crippen LogP contribution in [-0.2, 0) is 16.7 Å². The number of aromatic nitrogens is 2. The summed E-state index contributed by atoms with van der Waals surface area (Å²) in [5, 5.41) is 1.69. The molecule has 2 aromatic rings. The summed E-state index contributed by atoms with van der Waals surface area (Å²) in [6.45, 7) is 8.90. The van der Waals surface area contributed by atoms with Gasteiger partial charge in [-0.1, -0.05) is 41.4 Å². The number of benzene rings is 1. The summed E-state index contributed by atoms with van der Waals surface area (Å²) in [5.41, 5.74) is 1.95. The van der Waals surface area contributed by atoms with Gasteiger partial charge in [0.15, 0.2) is 11.0 Å². The van der Waals surface area contributed by atoms with Crippen LogP contribution in [0.25, 0.3) is 11.3 Å². The maximum absolute atomic E-state index is 13.0. The van der Waals surface area contributed by atoms with E-state index in [0.29, 0.717) is 42.6 Å². The zero-order valence-corrected chi connectivity index (χ0v) is 18.9. The minimum absolute atomic E-state index is 0.0378. The summed E-state index contributed by atoms with van der Waals surface area (Å²) in [6, 6.07) is 7.79. The molecule has 1 amide bonds. The van der Waals surface area contributed by atoms with Crippen LogP contribution >= 0.6 is 11.6 Å². The van der Waals surface area contributed by atoms with E-state index in [0.717, 1.165) is 17.5 Å². The topological polar surface area (TPSA) is 67.7 Å². The maximum Gasteiger partial charge on any atom is 0.293 e.